The molecule has 0 radical (unpaired) electrons. The quantitative estimate of drug-likeness (QED) is 0.0550. The van der Waals surface area contributed by atoms with E-state index in [9.17, 15) is 14.7 Å². The summed E-state index contributed by atoms with van der Waals surface area (Å²) < 4.78 is 11.3. The maximum Gasteiger partial charge on any atom is 0.511 e. The van der Waals surface area contributed by atoms with Crippen molar-refractivity contribution in [3.63, 3.8) is 0 Å². The van der Waals surface area contributed by atoms with E-state index >= 15 is 0 Å². The molecule has 47 heavy (non-hydrogen) atoms. The lowest BCUT2D eigenvalue weighted by molar-refractivity contribution is -0.137. The van der Waals surface area contributed by atoms with E-state index in [-0.39, 0.29) is 12.5 Å². The number of carboxylic acid groups (broad SMARTS) is 2. The molecule has 1 aliphatic rings. The van der Waals surface area contributed by atoms with E-state index in [2.05, 4.69) is 59.5 Å². The van der Waals surface area contributed by atoms with Gasteiger partial charge in [0.25, 0.3) is 0 Å². The Morgan fingerprint density at radius 2 is 1.47 bits per heavy atom. The first-order valence-electron chi connectivity index (χ1n) is 16.8. The Bertz CT molecular complexity index is 1590. The first-order chi connectivity index (χ1) is 22.9. The third-order valence-electron chi connectivity index (χ3n) is 8.98. The summed E-state index contributed by atoms with van der Waals surface area (Å²) >= 11 is 0. The van der Waals surface area contributed by atoms with Crippen LogP contribution in [0.2, 0.25) is 0 Å². The lowest BCUT2D eigenvalue weighted by Crippen LogP contribution is -2.32. The predicted molar refractivity (Wildman–Crippen MR) is 183 cm³/mol. The number of hydrogen-bond donors (Lipinski definition) is 2. The fraction of sp³-hybridized carbons (Fsp3) is 0.350. The molecule has 0 amide bonds. The van der Waals surface area contributed by atoms with Crippen molar-refractivity contribution in [3.8, 4) is 11.5 Å². The number of aliphatic carboxylic acids is 1. The topological polar surface area (TPSA) is 96.3 Å². The fourth-order valence-corrected chi connectivity index (χ4v) is 6.50. The highest BCUT2D eigenvalue weighted by molar-refractivity contribution is 5.66. The monoisotopic (exact) mass is 635 g/mol. The van der Waals surface area contributed by atoms with Gasteiger partial charge >= 0.3 is 12.1 Å². The summed E-state index contributed by atoms with van der Waals surface area (Å²) in [5.41, 5.74) is 7.25. The molecule has 0 saturated carbocycles. The van der Waals surface area contributed by atoms with Gasteiger partial charge in [-0.1, -0.05) is 85.3 Å². The number of carboxylic acids is 1. The summed E-state index contributed by atoms with van der Waals surface area (Å²) in [4.78, 5) is 24.8. The number of benzene rings is 4. The SMILES string of the molecule is O=C(O)CCCCN(CCc1ccccc1OCc1ccc(CCc2ccccc2)cc1)C1CCCCc2cc(OC(=O)O)ccc21. The second kappa shape index (κ2) is 17.3. The molecule has 0 aromatic heterocycles. The Labute approximate surface area is 277 Å². The molecule has 0 heterocycles. The molecule has 7 nitrogen and oxygen atoms in total. The van der Waals surface area contributed by atoms with Crippen molar-refractivity contribution < 1.29 is 29.3 Å². The van der Waals surface area contributed by atoms with Crippen LogP contribution in [0.3, 0.4) is 0 Å². The first-order valence-corrected chi connectivity index (χ1v) is 16.8. The number of nitrogens with zero attached hydrogens (tertiary/aromatic N) is 1. The van der Waals surface area contributed by atoms with Crippen molar-refractivity contribution in [2.45, 2.75) is 76.9 Å². The number of para-hydroxylation sites is 1. The van der Waals surface area contributed by atoms with Crippen LogP contribution >= 0.6 is 0 Å². The average molecular weight is 636 g/mol. The molecule has 0 aliphatic heterocycles. The van der Waals surface area contributed by atoms with Crippen molar-refractivity contribution in [2.24, 2.45) is 0 Å². The van der Waals surface area contributed by atoms with Crippen LogP contribution in [0.5, 0.6) is 11.5 Å². The van der Waals surface area contributed by atoms with E-state index in [1.54, 1.807) is 6.07 Å². The van der Waals surface area contributed by atoms with Gasteiger partial charge in [0, 0.05) is 19.0 Å². The molecule has 7 heteroatoms. The van der Waals surface area contributed by atoms with Gasteiger partial charge < -0.3 is 19.7 Å². The van der Waals surface area contributed by atoms with Crippen LogP contribution in [-0.4, -0.2) is 40.3 Å². The van der Waals surface area contributed by atoms with Gasteiger partial charge in [-0.25, -0.2) is 4.79 Å². The van der Waals surface area contributed by atoms with Crippen LogP contribution in [0.4, 0.5) is 4.79 Å². The number of hydrogen-bond acceptors (Lipinski definition) is 5. The minimum Gasteiger partial charge on any atom is -0.489 e. The summed E-state index contributed by atoms with van der Waals surface area (Å²) in [7, 11) is 0. The number of carbonyl (C=O) groups is 2. The van der Waals surface area contributed by atoms with Crippen molar-refractivity contribution >= 4 is 12.1 Å². The summed E-state index contributed by atoms with van der Waals surface area (Å²) in [6.45, 7) is 2.07. The lowest BCUT2D eigenvalue weighted by atomic mass is 9.96. The van der Waals surface area contributed by atoms with Gasteiger partial charge in [-0.3, -0.25) is 9.69 Å². The second-order valence-corrected chi connectivity index (χ2v) is 12.3. The molecular weight excluding hydrogens is 590 g/mol. The molecule has 1 aliphatic carbocycles. The zero-order valence-corrected chi connectivity index (χ0v) is 27.0. The fourth-order valence-electron chi connectivity index (χ4n) is 6.50. The molecular formula is C40H45NO6. The molecule has 4 aromatic carbocycles. The van der Waals surface area contributed by atoms with Gasteiger partial charge in [-0.05, 0) is 109 Å². The van der Waals surface area contributed by atoms with Gasteiger partial charge in [0.15, 0.2) is 0 Å². The van der Waals surface area contributed by atoms with Crippen molar-refractivity contribution in [3.05, 3.63) is 130 Å². The largest absolute Gasteiger partial charge is 0.511 e. The van der Waals surface area contributed by atoms with E-state index < -0.39 is 12.1 Å². The Hall–Kier alpha value is -4.62. The maximum atomic E-state index is 11.2. The normalized spacial score (nSPS) is 14.3. The lowest BCUT2D eigenvalue weighted by Gasteiger charge is -2.33. The van der Waals surface area contributed by atoms with Crippen LogP contribution in [0.15, 0.2) is 97.1 Å². The van der Waals surface area contributed by atoms with E-state index in [4.69, 9.17) is 14.6 Å². The third-order valence-corrected chi connectivity index (χ3v) is 8.98. The number of unbranched alkanes of at least 4 members (excludes halogenated alkanes) is 1. The molecule has 1 unspecified atom stereocenters. The first kappa shape index (κ1) is 33.7. The molecule has 0 spiro atoms. The average Bonchev–Trinajstić information content (AvgIpc) is 3.29. The molecule has 5 rings (SSSR count). The standard InChI is InChI=1S/C40H45NO6/c42-39(43)16-8-9-26-41(37-14-6-4-13-34-28-35(47-40(44)45)23-24-36(34)37)27-25-33-12-5-7-15-38(33)46-29-32-21-19-31(20-22-32)18-17-30-10-2-1-3-11-30/h1-3,5,7,10-12,15,19-24,28,37H,4,6,8-9,13-14,16-18,25-27,29H2,(H,42,43)(H,44,45). The van der Waals surface area contributed by atoms with Crippen LogP contribution in [-0.2, 0) is 37.1 Å². The van der Waals surface area contributed by atoms with Crippen molar-refractivity contribution in [1.29, 1.82) is 0 Å². The highest BCUT2D eigenvalue weighted by Crippen LogP contribution is 2.36. The Balaban J connectivity index is 1.24. The number of aryl methyl sites for hydroxylation is 3. The van der Waals surface area contributed by atoms with Crippen molar-refractivity contribution in [1.82, 2.24) is 4.90 Å². The maximum absolute atomic E-state index is 11.2. The Morgan fingerprint density at radius 1 is 0.745 bits per heavy atom. The van der Waals surface area contributed by atoms with Crippen LogP contribution in [0, 0.1) is 0 Å². The highest BCUT2D eigenvalue weighted by Gasteiger charge is 2.25. The molecule has 2 N–H and O–H groups in total. The molecule has 0 saturated heterocycles. The Kier molecular flexibility index (Phi) is 12.4. The minimum atomic E-state index is -1.31. The predicted octanol–water partition coefficient (Wildman–Crippen LogP) is 8.67. The van der Waals surface area contributed by atoms with Gasteiger partial charge in [-0.2, -0.15) is 0 Å². The molecule has 246 valence electrons. The zero-order chi connectivity index (χ0) is 32.8. The van der Waals surface area contributed by atoms with Crippen LogP contribution in [0.1, 0.15) is 77.9 Å². The molecule has 0 fully saturated rings. The van der Waals surface area contributed by atoms with Gasteiger partial charge in [0.1, 0.15) is 18.1 Å². The highest BCUT2D eigenvalue weighted by atomic mass is 16.7. The smallest absolute Gasteiger partial charge is 0.489 e. The van der Waals surface area contributed by atoms with E-state index in [1.165, 1.54) is 16.7 Å². The van der Waals surface area contributed by atoms with E-state index in [0.29, 0.717) is 18.8 Å². The van der Waals surface area contributed by atoms with Crippen LogP contribution in [0.25, 0.3) is 0 Å². The van der Waals surface area contributed by atoms with E-state index in [0.717, 1.165) is 86.9 Å². The van der Waals surface area contributed by atoms with Crippen molar-refractivity contribution in [2.75, 3.05) is 13.1 Å². The van der Waals surface area contributed by atoms with Gasteiger partial charge in [0.05, 0.1) is 0 Å². The molecule has 1 atom stereocenters. The van der Waals surface area contributed by atoms with Crippen LogP contribution < -0.4 is 9.47 Å². The summed E-state index contributed by atoms with van der Waals surface area (Å²) in [6, 6.07) is 33.2. The number of fused-ring (bicyclic) bond motifs is 1. The number of ether oxygens (including phenoxy) is 2. The third kappa shape index (κ3) is 10.4. The zero-order valence-electron chi connectivity index (χ0n) is 27.0. The Morgan fingerprint density at radius 3 is 2.23 bits per heavy atom. The van der Waals surface area contributed by atoms with E-state index in [1.807, 2.05) is 36.4 Å². The summed E-state index contributed by atoms with van der Waals surface area (Å²) in [5, 5.41) is 18.3. The summed E-state index contributed by atoms with van der Waals surface area (Å²) in [5.74, 6) is 0.455. The molecule has 0 bridgehead atoms. The summed E-state index contributed by atoms with van der Waals surface area (Å²) in [6.07, 6.45) is 7.03. The van der Waals surface area contributed by atoms with Gasteiger partial charge in [0.2, 0.25) is 0 Å². The number of rotatable bonds is 16. The van der Waals surface area contributed by atoms with Gasteiger partial charge in [-0.15, -0.1) is 0 Å². The minimum absolute atomic E-state index is 0.157. The second-order valence-electron chi connectivity index (χ2n) is 12.3. The molecule has 4 aromatic rings.